The Morgan fingerprint density at radius 1 is 0.304 bits per heavy atom. The van der Waals surface area contributed by atoms with Crippen LogP contribution >= 0.6 is 0 Å². The van der Waals surface area contributed by atoms with Gasteiger partial charge < -0.3 is 119 Å². The number of nitrogens with one attached hydrogen (secondary N) is 1. The maximum Gasteiger partial charge on any atom is 0.316 e. The number of unbranched alkanes of at least 4 members (excludes halogenated alkanes) is 8. The highest BCUT2D eigenvalue weighted by molar-refractivity contribution is 5.96. The number of hydrogen-bond acceptors (Lipinski definition) is 26. The normalized spacial score (nSPS) is 11.9. The van der Waals surface area contributed by atoms with Crippen molar-refractivity contribution in [3.05, 3.63) is 10.4 Å². The summed E-state index contributed by atoms with van der Waals surface area (Å²) in [6, 6.07) is 0. The first kappa shape index (κ1) is 89.3. The second-order valence-electron chi connectivity index (χ2n) is 19.8. The Morgan fingerprint density at radius 3 is 0.685 bits per heavy atom. The van der Waals surface area contributed by atoms with Gasteiger partial charge >= 0.3 is 5.97 Å². The second kappa shape index (κ2) is 82.6. The second-order valence-corrected chi connectivity index (χ2v) is 19.8. The van der Waals surface area contributed by atoms with Gasteiger partial charge in [-0.2, -0.15) is 0 Å². The van der Waals surface area contributed by atoms with Crippen LogP contribution in [-0.4, -0.2) is 334 Å². The predicted molar refractivity (Wildman–Crippen MR) is 339 cm³/mol. The summed E-state index contributed by atoms with van der Waals surface area (Å²) in [5.41, 5.74) is 8.18. The third kappa shape index (κ3) is 78.0. The standard InChI is InChI=1S/C62H122N4O26/c1-2-3-4-5-6-7-8-9-10-11-60(62(68)69)61(67)64-12-14-70-16-18-72-20-22-74-24-26-76-28-30-78-32-34-80-36-38-82-40-42-84-44-46-86-48-50-88-52-54-90-56-58-92-59-57-91-55-53-89-51-49-87-47-45-85-43-41-83-39-37-81-35-33-79-31-29-77-27-25-75-23-21-73-19-17-71-15-13-65-66-63/h60H,2-59H2,1H3,(H,64,67)(H,68,69). The lowest BCUT2D eigenvalue weighted by atomic mass is 9.99. The average molecular weight is 1340 g/mol. The summed E-state index contributed by atoms with van der Waals surface area (Å²) in [5, 5.41) is 15.6. The summed E-state index contributed by atoms with van der Waals surface area (Å²) in [6.45, 7) is 23.9. The first-order valence-electron chi connectivity index (χ1n) is 33.4. The smallest absolute Gasteiger partial charge is 0.316 e. The van der Waals surface area contributed by atoms with E-state index in [0.717, 1.165) is 19.3 Å². The summed E-state index contributed by atoms with van der Waals surface area (Å²) in [4.78, 5) is 26.6. The summed E-state index contributed by atoms with van der Waals surface area (Å²) < 4.78 is 126. The van der Waals surface area contributed by atoms with E-state index in [4.69, 9.17) is 114 Å². The van der Waals surface area contributed by atoms with Gasteiger partial charge in [-0.1, -0.05) is 69.8 Å². The fourth-order valence-electron chi connectivity index (χ4n) is 7.49. The molecule has 546 valence electrons. The molecule has 0 bridgehead atoms. The number of amides is 1. The molecule has 1 amide bonds. The molecule has 0 saturated carbocycles. The maximum absolute atomic E-state index is 12.4. The molecule has 0 aromatic heterocycles. The van der Waals surface area contributed by atoms with E-state index in [1.807, 2.05) is 0 Å². The molecule has 0 rings (SSSR count). The van der Waals surface area contributed by atoms with Gasteiger partial charge in [-0.25, -0.2) is 0 Å². The van der Waals surface area contributed by atoms with Crippen LogP contribution in [-0.2, 0) is 119 Å². The van der Waals surface area contributed by atoms with E-state index in [1.54, 1.807) is 0 Å². The van der Waals surface area contributed by atoms with Gasteiger partial charge in [-0.05, 0) is 12.0 Å². The van der Waals surface area contributed by atoms with Gasteiger partial charge in [0.05, 0.1) is 304 Å². The van der Waals surface area contributed by atoms with Crippen LogP contribution in [0.15, 0.2) is 5.11 Å². The summed E-state index contributed by atoms with van der Waals surface area (Å²) in [6.07, 6.45) is 10.6. The topological polar surface area (TPSA) is 327 Å². The van der Waals surface area contributed by atoms with E-state index in [2.05, 4.69) is 22.3 Å². The lowest BCUT2D eigenvalue weighted by Gasteiger charge is -2.13. The van der Waals surface area contributed by atoms with Crippen molar-refractivity contribution < 1.29 is 124 Å². The number of carbonyl (C=O) groups is 2. The largest absolute Gasteiger partial charge is 0.481 e. The third-order valence-corrected chi connectivity index (χ3v) is 12.3. The molecule has 0 aliphatic rings. The molecule has 0 aromatic rings. The van der Waals surface area contributed by atoms with Gasteiger partial charge in [0.2, 0.25) is 5.91 Å². The van der Waals surface area contributed by atoms with Crippen molar-refractivity contribution >= 4 is 11.9 Å². The fourth-order valence-corrected chi connectivity index (χ4v) is 7.49. The monoisotopic (exact) mass is 1340 g/mol. The number of carboxylic acids is 1. The Balaban J connectivity index is 3.17. The van der Waals surface area contributed by atoms with Crippen LogP contribution in [0.3, 0.4) is 0 Å². The minimum absolute atomic E-state index is 0.254. The highest BCUT2D eigenvalue weighted by Crippen LogP contribution is 2.14. The van der Waals surface area contributed by atoms with Crippen molar-refractivity contribution in [1.82, 2.24) is 5.32 Å². The molecular formula is C62H122N4O26. The number of ether oxygens (including phenoxy) is 23. The minimum Gasteiger partial charge on any atom is -0.481 e. The van der Waals surface area contributed by atoms with Crippen LogP contribution in [0.1, 0.15) is 71.1 Å². The molecule has 92 heavy (non-hydrogen) atoms. The van der Waals surface area contributed by atoms with Gasteiger partial charge in [0.1, 0.15) is 5.92 Å². The third-order valence-electron chi connectivity index (χ3n) is 12.3. The summed E-state index contributed by atoms with van der Waals surface area (Å²) in [5.74, 6) is -2.55. The SMILES string of the molecule is CCCCCCCCCCCC(C(=O)O)C(=O)NCCOCCOCCOCCOCCOCCOCCOCCOCCOCCOCCOCCOCCOCCOCCOCCOCCOCCOCCOCCOCCOCCOCCOCCN=[N+]=[N-]. The quantitative estimate of drug-likeness (QED) is 0.0280. The highest BCUT2D eigenvalue weighted by Gasteiger charge is 2.25. The van der Waals surface area contributed by atoms with Crippen LogP contribution in [0.4, 0.5) is 0 Å². The summed E-state index contributed by atoms with van der Waals surface area (Å²) in [7, 11) is 0. The predicted octanol–water partition coefficient (Wildman–Crippen LogP) is 4.42. The van der Waals surface area contributed by atoms with Crippen molar-refractivity contribution in [3.8, 4) is 0 Å². The van der Waals surface area contributed by atoms with Crippen molar-refractivity contribution in [1.29, 1.82) is 0 Å². The van der Waals surface area contributed by atoms with Crippen molar-refractivity contribution in [2.75, 3.05) is 317 Å². The molecular weight excluding hydrogens is 1220 g/mol. The van der Waals surface area contributed by atoms with Crippen molar-refractivity contribution in [3.63, 3.8) is 0 Å². The molecule has 0 spiro atoms. The van der Waals surface area contributed by atoms with Gasteiger partial charge in [0.15, 0.2) is 0 Å². The molecule has 0 heterocycles. The van der Waals surface area contributed by atoms with Gasteiger partial charge in [-0.3, -0.25) is 9.59 Å². The van der Waals surface area contributed by atoms with E-state index < -0.39 is 17.8 Å². The number of aliphatic carboxylic acids is 1. The van der Waals surface area contributed by atoms with Crippen LogP contribution in [0.5, 0.6) is 0 Å². The molecule has 30 nitrogen and oxygen atoms in total. The number of nitrogens with zero attached hydrogens (tertiary/aromatic N) is 3. The number of carboxylic acid groups (broad SMARTS) is 1. The number of hydrogen-bond donors (Lipinski definition) is 2. The van der Waals surface area contributed by atoms with E-state index in [0.29, 0.717) is 310 Å². The molecule has 0 aromatic carbocycles. The molecule has 0 aliphatic carbocycles. The van der Waals surface area contributed by atoms with Crippen LogP contribution < -0.4 is 5.32 Å². The number of rotatable bonds is 84. The zero-order valence-corrected chi connectivity index (χ0v) is 56.1. The Hall–Kier alpha value is -2.67. The van der Waals surface area contributed by atoms with E-state index in [1.165, 1.54) is 38.5 Å². The van der Waals surface area contributed by atoms with E-state index in [9.17, 15) is 14.7 Å². The molecule has 0 saturated heterocycles. The fraction of sp³-hybridized carbons (Fsp3) is 0.968. The first-order chi connectivity index (χ1) is 45.6. The highest BCUT2D eigenvalue weighted by atomic mass is 16.6. The lowest BCUT2D eigenvalue weighted by Crippen LogP contribution is -2.37. The van der Waals surface area contributed by atoms with Crippen LogP contribution in [0.2, 0.25) is 0 Å². The Kier molecular flexibility index (Phi) is 80.2. The molecule has 0 fully saturated rings. The Labute approximate surface area is 548 Å². The Morgan fingerprint density at radius 2 is 0.489 bits per heavy atom. The molecule has 0 radical (unpaired) electrons. The molecule has 0 aliphatic heterocycles. The minimum atomic E-state index is -1.08. The van der Waals surface area contributed by atoms with Crippen molar-refractivity contribution in [2.45, 2.75) is 71.1 Å². The van der Waals surface area contributed by atoms with Crippen LogP contribution in [0, 0.1) is 5.92 Å². The van der Waals surface area contributed by atoms with Gasteiger partial charge in [0.25, 0.3) is 0 Å². The number of azide groups is 1. The maximum atomic E-state index is 12.4. The molecule has 2 N–H and O–H groups in total. The molecule has 1 unspecified atom stereocenters. The summed E-state index contributed by atoms with van der Waals surface area (Å²) >= 11 is 0. The van der Waals surface area contributed by atoms with E-state index in [-0.39, 0.29) is 13.2 Å². The van der Waals surface area contributed by atoms with Gasteiger partial charge in [0, 0.05) is 18.0 Å². The number of carbonyl (C=O) groups excluding carboxylic acids is 1. The van der Waals surface area contributed by atoms with Crippen molar-refractivity contribution in [2.24, 2.45) is 11.0 Å². The zero-order chi connectivity index (χ0) is 66.1. The van der Waals surface area contributed by atoms with E-state index >= 15 is 0 Å². The van der Waals surface area contributed by atoms with Gasteiger partial charge in [-0.15, -0.1) is 0 Å². The van der Waals surface area contributed by atoms with Crippen LogP contribution in [0.25, 0.3) is 10.4 Å². The molecule has 1 atom stereocenters. The first-order valence-corrected chi connectivity index (χ1v) is 33.4. The molecule has 30 heteroatoms. The lowest BCUT2D eigenvalue weighted by molar-refractivity contribution is -0.147. The Bertz CT molecular complexity index is 1490. The average Bonchev–Trinajstić information content (AvgIpc) is 3.77. The zero-order valence-electron chi connectivity index (χ0n) is 56.1.